The van der Waals surface area contributed by atoms with Gasteiger partial charge in [0.05, 0.1) is 11.2 Å². The molecular weight excluding hydrogens is 296 g/mol. The molecule has 0 aliphatic rings. The molecule has 4 aromatic rings. The number of nitrogens with two attached hydrogens (primary N) is 1. The molecule has 4 rings (SSSR count). The van der Waals surface area contributed by atoms with Crippen molar-refractivity contribution in [1.82, 2.24) is 4.57 Å². The van der Waals surface area contributed by atoms with Gasteiger partial charge >= 0.3 is 0 Å². The van der Waals surface area contributed by atoms with Crippen molar-refractivity contribution in [3.63, 3.8) is 0 Å². The molecule has 0 saturated heterocycles. The number of hydrogen-bond acceptors (Lipinski definition) is 2. The Hall–Kier alpha value is -3.33. The first-order valence-electron chi connectivity index (χ1n) is 7.78. The number of carbonyl (C=O) groups excluding carboxylic acids is 1. The van der Waals surface area contributed by atoms with Crippen molar-refractivity contribution < 1.29 is 4.79 Å². The summed E-state index contributed by atoms with van der Waals surface area (Å²) in [5.41, 5.74) is 11.4. The number of carbonyl (C=O) groups is 1. The van der Waals surface area contributed by atoms with E-state index in [9.17, 15) is 4.79 Å². The van der Waals surface area contributed by atoms with Gasteiger partial charge < -0.3 is 10.3 Å². The number of rotatable bonds is 3. The second-order valence-corrected chi connectivity index (χ2v) is 5.75. The minimum atomic E-state index is 0.644. The van der Waals surface area contributed by atoms with Crippen LogP contribution in [0.1, 0.15) is 10.5 Å². The van der Waals surface area contributed by atoms with Crippen LogP contribution in [-0.4, -0.2) is 10.9 Å². The van der Waals surface area contributed by atoms with Crippen LogP contribution >= 0.6 is 0 Å². The lowest BCUT2D eigenvalue weighted by Crippen LogP contribution is -1.98. The fraction of sp³-hybridized carbons (Fsp3) is 0. The maximum Gasteiger partial charge on any atom is 0.166 e. The Bertz CT molecular complexity index is 1020. The van der Waals surface area contributed by atoms with Gasteiger partial charge in [0.25, 0.3) is 0 Å². The molecule has 24 heavy (non-hydrogen) atoms. The number of nitrogen functional groups attached to an aromatic ring is 1. The number of aromatic nitrogens is 1. The van der Waals surface area contributed by atoms with E-state index in [0.29, 0.717) is 5.69 Å². The molecule has 0 radical (unpaired) electrons. The molecule has 0 aliphatic carbocycles. The van der Waals surface area contributed by atoms with Gasteiger partial charge in [0.15, 0.2) is 6.29 Å². The fourth-order valence-electron chi connectivity index (χ4n) is 3.04. The Morgan fingerprint density at radius 3 is 2.21 bits per heavy atom. The van der Waals surface area contributed by atoms with Crippen molar-refractivity contribution in [3.8, 4) is 16.8 Å². The van der Waals surface area contributed by atoms with Gasteiger partial charge in [-0.15, -0.1) is 0 Å². The molecule has 0 atom stereocenters. The minimum Gasteiger partial charge on any atom is -0.399 e. The summed E-state index contributed by atoms with van der Waals surface area (Å²) in [6, 6.07) is 25.9. The average Bonchev–Trinajstić information content (AvgIpc) is 3.00. The van der Waals surface area contributed by atoms with E-state index < -0.39 is 0 Å². The number of fused-ring (bicyclic) bond motifs is 1. The van der Waals surface area contributed by atoms with Gasteiger partial charge in [0.2, 0.25) is 0 Å². The van der Waals surface area contributed by atoms with E-state index in [0.717, 1.165) is 39.7 Å². The predicted octanol–water partition coefficient (Wildman–Crippen LogP) is 4.69. The van der Waals surface area contributed by atoms with Gasteiger partial charge in [0, 0.05) is 16.8 Å². The monoisotopic (exact) mass is 312 g/mol. The lowest BCUT2D eigenvalue weighted by molar-refractivity contribution is 0.111. The molecule has 0 spiro atoms. The van der Waals surface area contributed by atoms with Gasteiger partial charge in [-0.1, -0.05) is 36.4 Å². The maximum absolute atomic E-state index is 11.5. The molecule has 2 N–H and O–H groups in total. The molecule has 116 valence electrons. The minimum absolute atomic E-state index is 0.644. The molecule has 0 bridgehead atoms. The zero-order valence-electron chi connectivity index (χ0n) is 13.0. The van der Waals surface area contributed by atoms with Crippen LogP contribution < -0.4 is 5.73 Å². The van der Waals surface area contributed by atoms with Crippen molar-refractivity contribution in [2.24, 2.45) is 0 Å². The van der Waals surface area contributed by atoms with E-state index in [1.54, 1.807) is 0 Å². The summed E-state index contributed by atoms with van der Waals surface area (Å²) in [4.78, 5) is 11.5. The van der Waals surface area contributed by atoms with Crippen molar-refractivity contribution in [2.75, 3.05) is 5.73 Å². The molecule has 0 aliphatic heterocycles. The standard InChI is InChI=1S/C21H16N2O/c22-18-9-6-15(7-10-18)16-8-11-21-17(12-16)13-20(14-24)23(21)19-4-2-1-3-5-19/h1-14H,22H2. The summed E-state index contributed by atoms with van der Waals surface area (Å²) in [6.07, 6.45) is 0.899. The van der Waals surface area contributed by atoms with Crippen LogP contribution in [-0.2, 0) is 0 Å². The van der Waals surface area contributed by atoms with Crippen molar-refractivity contribution in [1.29, 1.82) is 0 Å². The largest absolute Gasteiger partial charge is 0.399 e. The SMILES string of the molecule is Nc1ccc(-c2ccc3c(c2)cc(C=O)n3-c2ccccc2)cc1. The van der Waals surface area contributed by atoms with Crippen LogP contribution in [0.25, 0.3) is 27.7 Å². The molecule has 0 amide bonds. The van der Waals surface area contributed by atoms with Gasteiger partial charge in [-0.05, 0) is 53.6 Å². The van der Waals surface area contributed by atoms with E-state index in [1.165, 1.54) is 0 Å². The van der Waals surface area contributed by atoms with Gasteiger partial charge in [-0.2, -0.15) is 0 Å². The van der Waals surface area contributed by atoms with E-state index in [1.807, 2.05) is 65.2 Å². The van der Waals surface area contributed by atoms with Crippen LogP contribution in [0, 0.1) is 0 Å². The first kappa shape index (κ1) is 14.3. The summed E-state index contributed by atoms with van der Waals surface area (Å²) >= 11 is 0. The summed E-state index contributed by atoms with van der Waals surface area (Å²) in [7, 11) is 0. The Labute approximate surface area is 140 Å². The molecule has 0 fully saturated rings. The van der Waals surface area contributed by atoms with E-state index >= 15 is 0 Å². The smallest absolute Gasteiger partial charge is 0.166 e. The third-order valence-electron chi connectivity index (χ3n) is 4.21. The number of para-hydroxylation sites is 1. The summed E-state index contributed by atoms with van der Waals surface area (Å²) in [5, 5.41) is 1.04. The molecule has 1 heterocycles. The first-order valence-corrected chi connectivity index (χ1v) is 7.78. The average molecular weight is 312 g/mol. The van der Waals surface area contributed by atoms with Gasteiger partial charge in [-0.25, -0.2) is 0 Å². The molecular formula is C21H16N2O. The lowest BCUT2D eigenvalue weighted by atomic mass is 10.0. The zero-order chi connectivity index (χ0) is 16.5. The van der Waals surface area contributed by atoms with Crippen molar-refractivity contribution >= 4 is 22.9 Å². The highest BCUT2D eigenvalue weighted by atomic mass is 16.1. The second kappa shape index (κ2) is 5.70. The van der Waals surface area contributed by atoms with Crippen LogP contribution in [0.4, 0.5) is 5.69 Å². The third kappa shape index (κ3) is 2.36. The number of nitrogens with zero attached hydrogens (tertiary/aromatic N) is 1. The van der Waals surface area contributed by atoms with Crippen LogP contribution in [0.5, 0.6) is 0 Å². The van der Waals surface area contributed by atoms with E-state index in [4.69, 9.17) is 5.73 Å². The predicted molar refractivity (Wildman–Crippen MR) is 98.5 cm³/mol. The summed E-state index contributed by atoms with van der Waals surface area (Å²) in [5.74, 6) is 0. The summed E-state index contributed by atoms with van der Waals surface area (Å²) in [6.45, 7) is 0. The Kier molecular flexibility index (Phi) is 3.39. The normalized spacial score (nSPS) is 10.8. The highest BCUT2D eigenvalue weighted by Gasteiger charge is 2.11. The highest BCUT2D eigenvalue weighted by Crippen LogP contribution is 2.29. The second-order valence-electron chi connectivity index (χ2n) is 5.75. The lowest BCUT2D eigenvalue weighted by Gasteiger charge is -2.08. The van der Waals surface area contributed by atoms with Crippen LogP contribution in [0.15, 0.2) is 78.9 Å². The number of benzene rings is 3. The van der Waals surface area contributed by atoms with Crippen molar-refractivity contribution in [3.05, 3.63) is 84.6 Å². The fourth-order valence-corrected chi connectivity index (χ4v) is 3.04. The van der Waals surface area contributed by atoms with Crippen LogP contribution in [0.2, 0.25) is 0 Å². The highest BCUT2D eigenvalue weighted by molar-refractivity contribution is 5.93. The molecule has 3 aromatic carbocycles. The topological polar surface area (TPSA) is 48.0 Å². The molecule has 3 heteroatoms. The first-order chi connectivity index (χ1) is 11.8. The van der Waals surface area contributed by atoms with Gasteiger partial charge in [0.1, 0.15) is 0 Å². The van der Waals surface area contributed by atoms with E-state index in [2.05, 4.69) is 18.2 Å². The maximum atomic E-state index is 11.5. The Balaban J connectivity index is 1.90. The van der Waals surface area contributed by atoms with E-state index in [-0.39, 0.29) is 0 Å². The van der Waals surface area contributed by atoms with Crippen LogP contribution in [0.3, 0.4) is 0 Å². The molecule has 0 saturated carbocycles. The summed E-state index contributed by atoms with van der Waals surface area (Å²) < 4.78 is 1.98. The zero-order valence-corrected chi connectivity index (χ0v) is 13.0. The molecule has 3 nitrogen and oxygen atoms in total. The number of hydrogen-bond donors (Lipinski definition) is 1. The third-order valence-corrected chi connectivity index (χ3v) is 4.21. The Morgan fingerprint density at radius 1 is 0.792 bits per heavy atom. The quantitative estimate of drug-likeness (QED) is 0.440. The number of aldehydes is 1. The van der Waals surface area contributed by atoms with Gasteiger partial charge in [-0.3, -0.25) is 4.79 Å². The number of anilines is 1. The van der Waals surface area contributed by atoms with Crippen molar-refractivity contribution in [2.45, 2.75) is 0 Å². The molecule has 1 aromatic heterocycles. The Morgan fingerprint density at radius 2 is 1.50 bits per heavy atom. The molecule has 0 unspecified atom stereocenters.